The van der Waals surface area contributed by atoms with E-state index in [2.05, 4.69) is 10.8 Å². The minimum absolute atomic E-state index is 0.188. The summed E-state index contributed by atoms with van der Waals surface area (Å²) in [4.78, 5) is 17.7. The van der Waals surface area contributed by atoms with E-state index in [1.165, 1.54) is 4.57 Å². The molecular weight excluding hydrogens is 360 g/mol. The summed E-state index contributed by atoms with van der Waals surface area (Å²) in [5, 5.41) is 10.0. The molecule has 0 radical (unpaired) electrons. The molecule has 0 saturated heterocycles. The highest BCUT2D eigenvalue weighted by molar-refractivity contribution is 7.90. The van der Waals surface area contributed by atoms with Crippen LogP contribution in [0.3, 0.4) is 0 Å². The fourth-order valence-corrected chi connectivity index (χ4v) is 3.69. The van der Waals surface area contributed by atoms with Gasteiger partial charge in [0.1, 0.15) is 16.0 Å². The largest absolute Gasteiger partial charge is 0.598 e. The van der Waals surface area contributed by atoms with Crippen LogP contribution in [-0.4, -0.2) is 18.9 Å². The number of fused-ring (bicyclic) bond motifs is 1. The van der Waals surface area contributed by atoms with E-state index in [9.17, 15) is 14.6 Å². The van der Waals surface area contributed by atoms with E-state index in [4.69, 9.17) is 4.98 Å². The summed E-state index contributed by atoms with van der Waals surface area (Å²) in [5.74, 6) is 0.414. The average molecular weight is 389 g/mol. The summed E-state index contributed by atoms with van der Waals surface area (Å²) in [5.41, 5.74) is 1.18. The van der Waals surface area contributed by atoms with Crippen molar-refractivity contribution in [1.29, 1.82) is 5.26 Å². The first-order valence-corrected chi connectivity index (χ1v) is 10.1. The van der Waals surface area contributed by atoms with E-state index in [0.29, 0.717) is 16.7 Å². The van der Waals surface area contributed by atoms with Crippen LogP contribution in [0.4, 0.5) is 0 Å². The lowest BCUT2D eigenvalue weighted by molar-refractivity contribution is 0.531. The molecule has 0 aliphatic rings. The molecule has 2 aromatic rings. The van der Waals surface area contributed by atoms with Crippen LogP contribution >= 0.6 is 0 Å². The van der Waals surface area contributed by atoms with Crippen molar-refractivity contribution in [3.05, 3.63) is 39.4 Å². The molecule has 0 bridgehead atoms. The monoisotopic (exact) mass is 388 g/mol. The van der Waals surface area contributed by atoms with E-state index in [0.717, 1.165) is 11.1 Å². The highest BCUT2D eigenvalue weighted by Crippen LogP contribution is 2.28. The molecule has 1 aromatic heterocycles. The molecule has 0 fully saturated rings. The van der Waals surface area contributed by atoms with Gasteiger partial charge in [-0.25, -0.2) is 4.98 Å². The van der Waals surface area contributed by atoms with Crippen LogP contribution in [0.25, 0.3) is 10.9 Å². The quantitative estimate of drug-likeness (QED) is 0.812. The first-order chi connectivity index (χ1) is 12.3. The summed E-state index contributed by atoms with van der Waals surface area (Å²) >= 11 is -1.26. The minimum atomic E-state index is -1.26. The minimum Gasteiger partial charge on any atom is -0.598 e. The van der Waals surface area contributed by atoms with Gasteiger partial charge in [-0.2, -0.15) is 5.26 Å². The maximum absolute atomic E-state index is 13.0. The van der Waals surface area contributed by atoms with Crippen molar-refractivity contribution in [3.8, 4) is 6.07 Å². The maximum Gasteiger partial charge on any atom is 0.261 e. The van der Waals surface area contributed by atoms with Crippen LogP contribution in [0.15, 0.2) is 16.9 Å². The summed E-state index contributed by atoms with van der Waals surface area (Å²) in [6.45, 7) is 13.0. The zero-order valence-corrected chi connectivity index (χ0v) is 18.1. The Bertz CT molecular complexity index is 967. The predicted octanol–water partition coefficient (Wildman–Crippen LogP) is 3.16. The van der Waals surface area contributed by atoms with E-state index >= 15 is 0 Å². The Hall–Kier alpha value is -1.88. The van der Waals surface area contributed by atoms with E-state index < -0.39 is 21.5 Å². The van der Waals surface area contributed by atoms with Crippen LogP contribution in [0.2, 0.25) is 0 Å². The number of hydrogen-bond acceptors (Lipinski definition) is 5. The van der Waals surface area contributed by atoms with E-state index in [-0.39, 0.29) is 11.6 Å². The molecule has 1 N–H and O–H groups in total. The van der Waals surface area contributed by atoms with E-state index in [1.807, 2.05) is 46.8 Å². The Kier molecular flexibility index (Phi) is 5.77. The molecule has 0 unspecified atom stereocenters. The third kappa shape index (κ3) is 4.18. The zero-order chi connectivity index (χ0) is 20.7. The molecule has 0 saturated carbocycles. The van der Waals surface area contributed by atoms with Crippen LogP contribution in [0, 0.1) is 18.3 Å². The number of aromatic nitrogens is 2. The molecule has 27 heavy (non-hydrogen) atoms. The third-order valence-electron chi connectivity index (χ3n) is 4.50. The smallest absolute Gasteiger partial charge is 0.261 e. The van der Waals surface area contributed by atoms with E-state index in [1.54, 1.807) is 20.9 Å². The van der Waals surface area contributed by atoms with Gasteiger partial charge in [-0.1, -0.05) is 6.07 Å². The van der Waals surface area contributed by atoms with Gasteiger partial charge in [0.05, 0.1) is 23.0 Å². The molecule has 0 aliphatic carbocycles. The molecule has 146 valence electrons. The van der Waals surface area contributed by atoms with Gasteiger partial charge in [-0.3, -0.25) is 9.36 Å². The van der Waals surface area contributed by atoms with Crippen LogP contribution in [-0.2, 0) is 23.8 Å². The summed E-state index contributed by atoms with van der Waals surface area (Å²) in [6.07, 6.45) is 0. The van der Waals surface area contributed by atoms with Crippen molar-refractivity contribution >= 4 is 22.3 Å². The number of hydrogen-bond donors (Lipinski definition) is 1. The van der Waals surface area contributed by atoms with Gasteiger partial charge in [0.25, 0.3) is 5.56 Å². The summed E-state index contributed by atoms with van der Waals surface area (Å²) in [7, 11) is 1.64. The third-order valence-corrected chi connectivity index (χ3v) is 6.18. The van der Waals surface area contributed by atoms with Gasteiger partial charge in [-0.15, -0.1) is 4.72 Å². The van der Waals surface area contributed by atoms with Crippen molar-refractivity contribution in [2.24, 2.45) is 7.05 Å². The number of nitriles is 1. The fraction of sp³-hybridized carbons (Fsp3) is 0.550. The Morgan fingerprint density at radius 3 is 2.41 bits per heavy atom. The van der Waals surface area contributed by atoms with Crippen molar-refractivity contribution in [1.82, 2.24) is 14.3 Å². The molecule has 0 amide bonds. The molecule has 2 atom stereocenters. The molecule has 7 heteroatoms. The highest BCUT2D eigenvalue weighted by atomic mass is 32.2. The molecular formula is C20H28N4O2S. The van der Waals surface area contributed by atoms with Gasteiger partial charge >= 0.3 is 0 Å². The van der Waals surface area contributed by atoms with Crippen molar-refractivity contribution in [2.75, 3.05) is 0 Å². The standard InChI is InChI=1S/C20H28N4O2S/c1-12-9-14(13(2)23-27(26)19(3,4)5)16-15(10-12)17(25)24(8)18(22-16)20(6,7)11-21/h9-10,13,23H,1-8H3/t13-,27-/m1/s1. The van der Waals surface area contributed by atoms with Gasteiger partial charge in [0, 0.05) is 24.0 Å². The normalized spacial score (nSPS) is 14.8. The molecule has 1 heterocycles. The van der Waals surface area contributed by atoms with Crippen molar-refractivity contribution < 1.29 is 4.55 Å². The SMILES string of the molecule is Cc1cc([C@@H](C)N[S@+]([O-])C(C)(C)C)c2nc(C(C)(C)C#N)n(C)c(=O)c2c1. The summed E-state index contributed by atoms with van der Waals surface area (Å²) in [6, 6.07) is 5.71. The van der Waals surface area contributed by atoms with Crippen molar-refractivity contribution in [2.45, 2.75) is 64.7 Å². The second-order valence-electron chi connectivity index (χ2n) is 8.51. The zero-order valence-electron chi connectivity index (χ0n) is 17.3. The predicted molar refractivity (Wildman–Crippen MR) is 110 cm³/mol. The fourth-order valence-electron chi connectivity index (χ4n) is 2.89. The number of rotatable bonds is 4. The topological polar surface area (TPSA) is 93.8 Å². The molecule has 6 nitrogen and oxygen atoms in total. The first kappa shape index (κ1) is 21.4. The Morgan fingerprint density at radius 1 is 1.30 bits per heavy atom. The second-order valence-corrected chi connectivity index (χ2v) is 10.5. The summed E-state index contributed by atoms with van der Waals surface area (Å²) < 4.78 is 16.7. The van der Waals surface area contributed by atoms with Crippen LogP contribution < -0.4 is 10.3 Å². The lowest BCUT2D eigenvalue weighted by atomic mass is 9.93. The van der Waals surface area contributed by atoms with Crippen LogP contribution in [0.5, 0.6) is 0 Å². The Morgan fingerprint density at radius 2 is 1.89 bits per heavy atom. The average Bonchev–Trinajstić information content (AvgIpc) is 2.56. The number of benzene rings is 1. The highest BCUT2D eigenvalue weighted by Gasteiger charge is 2.30. The molecule has 0 spiro atoms. The number of nitrogens with one attached hydrogen (secondary N) is 1. The lowest BCUT2D eigenvalue weighted by Gasteiger charge is -2.27. The first-order valence-electron chi connectivity index (χ1n) is 8.90. The molecule has 1 aromatic carbocycles. The number of nitrogens with zero attached hydrogens (tertiary/aromatic N) is 3. The van der Waals surface area contributed by atoms with Crippen molar-refractivity contribution in [3.63, 3.8) is 0 Å². The number of aryl methyl sites for hydroxylation is 1. The van der Waals surface area contributed by atoms with Gasteiger partial charge in [0.15, 0.2) is 0 Å². The lowest BCUT2D eigenvalue weighted by Crippen LogP contribution is -2.40. The van der Waals surface area contributed by atoms with Crippen LogP contribution in [0.1, 0.15) is 64.5 Å². The van der Waals surface area contributed by atoms with Gasteiger partial charge in [0.2, 0.25) is 0 Å². The maximum atomic E-state index is 13.0. The van der Waals surface area contributed by atoms with Gasteiger partial charge in [-0.05, 0) is 60.1 Å². The Balaban J connectivity index is 2.74. The molecule has 0 aliphatic heterocycles. The Labute approximate surface area is 163 Å². The molecule has 2 rings (SSSR count). The second kappa shape index (κ2) is 7.27. The van der Waals surface area contributed by atoms with Gasteiger partial charge < -0.3 is 4.55 Å².